The van der Waals surface area contributed by atoms with Gasteiger partial charge >= 0.3 is 0 Å². The molecule has 18 heavy (non-hydrogen) atoms. The van der Waals surface area contributed by atoms with Crippen LogP contribution in [-0.2, 0) is 6.42 Å². The van der Waals surface area contributed by atoms with E-state index in [1.807, 2.05) is 0 Å². The Morgan fingerprint density at radius 2 is 2.11 bits per heavy atom. The van der Waals surface area contributed by atoms with E-state index in [0.717, 1.165) is 42.9 Å². The Kier molecular flexibility index (Phi) is 4.95. The molecule has 0 bridgehead atoms. The number of aromatic nitrogens is 2. The monoisotopic (exact) mass is 268 g/mol. The summed E-state index contributed by atoms with van der Waals surface area (Å²) in [4.78, 5) is 7.06. The second-order valence-electron chi connectivity index (χ2n) is 5.29. The van der Waals surface area contributed by atoms with Crippen molar-refractivity contribution < 1.29 is 0 Å². The maximum absolute atomic E-state index is 4.63. The first-order valence-electron chi connectivity index (χ1n) is 7.00. The fourth-order valence-electron chi connectivity index (χ4n) is 2.36. The minimum atomic E-state index is 0.498. The van der Waals surface area contributed by atoms with Gasteiger partial charge in [-0.25, -0.2) is 4.98 Å². The quantitative estimate of drug-likeness (QED) is 0.890. The Balaban J connectivity index is 2.02. The van der Waals surface area contributed by atoms with E-state index >= 15 is 0 Å². The highest BCUT2D eigenvalue weighted by molar-refractivity contribution is 7.09. The molecule has 4 nitrogen and oxygen atoms in total. The maximum Gasteiger partial charge on any atom is 0.205 e. The summed E-state index contributed by atoms with van der Waals surface area (Å²) >= 11 is 1.55. The predicted molar refractivity (Wildman–Crippen MR) is 77.4 cm³/mol. The predicted octanol–water partition coefficient (Wildman–Crippen LogP) is 2.31. The van der Waals surface area contributed by atoms with Gasteiger partial charge in [-0.3, -0.25) is 0 Å². The van der Waals surface area contributed by atoms with Crippen LogP contribution in [0.1, 0.15) is 39.4 Å². The molecular formula is C13H24N4S. The highest BCUT2D eigenvalue weighted by atomic mass is 32.1. The van der Waals surface area contributed by atoms with Crippen LogP contribution in [0.4, 0.5) is 5.13 Å². The smallest absolute Gasteiger partial charge is 0.205 e. The van der Waals surface area contributed by atoms with Crippen molar-refractivity contribution in [3.8, 4) is 0 Å². The number of anilines is 1. The molecule has 1 saturated heterocycles. The molecule has 2 heterocycles. The first-order valence-corrected chi connectivity index (χ1v) is 7.78. The van der Waals surface area contributed by atoms with Crippen LogP contribution in [-0.4, -0.2) is 35.0 Å². The zero-order chi connectivity index (χ0) is 13.0. The first-order chi connectivity index (χ1) is 8.70. The van der Waals surface area contributed by atoms with Gasteiger partial charge in [0.25, 0.3) is 0 Å². The van der Waals surface area contributed by atoms with Crippen LogP contribution in [0.25, 0.3) is 0 Å². The zero-order valence-electron chi connectivity index (χ0n) is 11.6. The highest BCUT2D eigenvalue weighted by Gasteiger charge is 2.21. The number of nitrogens with one attached hydrogen (secondary N) is 1. The summed E-state index contributed by atoms with van der Waals surface area (Å²) in [6, 6.07) is 0.498. The summed E-state index contributed by atoms with van der Waals surface area (Å²) in [6.45, 7) is 10.0. The summed E-state index contributed by atoms with van der Waals surface area (Å²) in [6.07, 6.45) is 3.49. The molecule has 102 valence electrons. The molecule has 0 unspecified atom stereocenters. The number of rotatable bonds is 5. The topological polar surface area (TPSA) is 41.1 Å². The summed E-state index contributed by atoms with van der Waals surface area (Å²) in [5.41, 5.74) is 0. The average Bonchev–Trinajstić information content (AvgIpc) is 2.85. The van der Waals surface area contributed by atoms with Crippen LogP contribution < -0.4 is 10.2 Å². The van der Waals surface area contributed by atoms with Crippen molar-refractivity contribution in [2.75, 3.05) is 24.5 Å². The van der Waals surface area contributed by atoms with Crippen molar-refractivity contribution in [1.82, 2.24) is 14.7 Å². The number of hydrogen-bond acceptors (Lipinski definition) is 5. The van der Waals surface area contributed by atoms with Gasteiger partial charge in [0.2, 0.25) is 5.13 Å². The lowest BCUT2D eigenvalue weighted by atomic mass is 9.97. The Morgan fingerprint density at radius 1 is 1.39 bits per heavy atom. The second kappa shape index (κ2) is 6.48. The molecule has 2 rings (SSSR count). The highest BCUT2D eigenvalue weighted by Crippen LogP contribution is 2.23. The Hall–Kier alpha value is -0.680. The number of aryl methyl sites for hydroxylation is 1. The van der Waals surface area contributed by atoms with Gasteiger partial charge in [0.15, 0.2) is 0 Å². The van der Waals surface area contributed by atoms with Crippen molar-refractivity contribution in [3.05, 3.63) is 5.82 Å². The molecule has 1 aliphatic heterocycles. The number of hydrogen-bond donors (Lipinski definition) is 1. The second-order valence-corrected chi connectivity index (χ2v) is 6.02. The molecule has 1 aromatic heterocycles. The van der Waals surface area contributed by atoms with E-state index in [1.54, 1.807) is 11.5 Å². The molecule has 0 aliphatic carbocycles. The number of nitrogens with zero attached hydrogens (tertiary/aromatic N) is 3. The van der Waals surface area contributed by atoms with Crippen LogP contribution in [0.15, 0.2) is 0 Å². The summed E-state index contributed by atoms with van der Waals surface area (Å²) in [7, 11) is 0. The van der Waals surface area contributed by atoms with Crippen molar-refractivity contribution in [2.24, 2.45) is 5.92 Å². The van der Waals surface area contributed by atoms with E-state index in [2.05, 4.69) is 40.3 Å². The minimum Gasteiger partial charge on any atom is -0.344 e. The third-order valence-electron chi connectivity index (χ3n) is 3.56. The lowest BCUT2D eigenvalue weighted by molar-refractivity contribution is 0.367. The fraction of sp³-hybridized carbons (Fsp3) is 0.846. The van der Waals surface area contributed by atoms with Crippen molar-refractivity contribution in [2.45, 2.75) is 46.1 Å². The Bertz CT molecular complexity index is 358. The molecule has 0 radical (unpaired) electrons. The third kappa shape index (κ3) is 3.42. The Labute approximate surface area is 114 Å². The third-order valence-corrected chi connectivity index (χ3v) is 4.35. The van der Waals surface area contributed by atoms with E-state index in [9.17, 15) is 0 Å². The molecule has 0 spiro atoms. The SMILES string of the molecule is CCc1nsc(N(CC2CCNCC2)C(C)C)n1. The summed E-state index contributed by atoms with van der Waals surface area (Å²) < 4.78 is 4.41. The molecular weight excluding hydrogens is 244 g/mol. The summed E-state index contributed by atoms with van der Waals surface area (Å²) in [5.74, 6) is 1.77. The molecule has 1 fully saturated rings. The van der Waals surface area contributed by atoms with E-state index in [4.69, 9.17) is 0 Å². The van der Waals surface area contributed by atoms with Gasteiger partial charge in [-0.15, -0.1) is 0 Å². The van der Waals surface area contributed by atoms with Crippen LogP contribution in [0.5, 0.6) is 0 Å². The van der Waals surface area contributed by atoms with E-state index in [0.29, 0.717) is 6.04 Å². The normalized spacial score (nSPS) is 17.3. The number of piperidine rings is 1. The molecule has 1 N–H and O–H groups in total. The lowest BCUT2D eigenvalue weighted by Crippen LogP contribution is -2.39. The summed E-state index contributed by atoms with van der Waals surface area (Å²) in [5, 5.41) is 4.52. The first kappa shape index (κ1) is 13.7. The van der Waals surface area contributed by atoms with Gasteiger partial charge in [-0.1, -0.05) is 6.92 Å². The molecule has 0 atom stereocenters. The standard InChI is InChI=1S/C13H24N4S/c1-4-12-15-13(18-16-12)17(10(2)3)9-11-5-7-14-8-6-11/h10-11,14H,4-9H2,1-3H3. The van der Waals surface area contributed by atoms with Gasteiger partial charge in [0.1, 0.15) is 5.82 Å². The van der Waals surface area contributed by atoms with Gasteiger partial charge in [0.05, 0.1) is 0 Å². The maximum atomic E-state index is 4.63. The van der Waals surface area contributed by atoms with E-state index < -0.39 is 0 Å². The van der Waals surface area contributed by atoms with E-state index in [-0.39, 0.29) is 0 Å². The largest absolute Gasteiger partial charge is 0.344 e. The van der Waals surface area contributed by atoms with Crippen LogP contribution >= 0.6 is 11.5 Å². The van der Waals surface area contributed by atoms with Crippen molar-refractivity contribution in [1.29, 1.82) is 0 Å². The van der Waals surface area contributed by atoms with Crippen LogP contribution in [0.3, 0.4) is 0 Å². The lowest BCUT2D eigenvalue weighted by Gasteiger charge is -2.32. The molecule has 0 aromatic carbocycles. The van der Waals surface area contributed by atoms with Crippen LogP contribution in [0.2, 0.25) is 0 Å². The van der Waals surface area contributed by atoms with Gasteiger partial charge in [-0.2, -0.15) is 4.37 Å². The zero-order valence-corrected chi connectivity index (χ0v) is 12.5. The van der Waals surface area contributed by atoms with Crippen LogP contribution in [0, 0.1) is 5.92 Å². The van der Waals surface area contributed by atoms with Gasteiger partial charge in [-0.05, 0) is 45.7 Å². The average molecular weight is 268 g/mol. The molecule has 1 aliphatic rings. The fourth-order valence-corrected chi connectivity index (χ4v) is 3.25. The molecule has 0 saturated carbocycles. The van der Waals surface area contributed by atoms with E-state index in [1.165, 1.54) is 12.8 Å². The van der Waals surface area contributed by atoms with Gasteiger partial charge < -0.3 is 10.2 Å². The van der Waals surface area contributed by atoms with Gasteiger partial charge in [0, 0.05) is 30.5 Å². The minimum absolute atomic E-state index is 0.498. The van der Waals surface area contributed by atoms with Crippen molar-refractivity contribution >= 4 is 16.7 Å². The van der Waals surface area contributed by atoms with Crippen molar-refractivity contribution in [3.63, 3.8) is 0 Å². The molecule has 1 aromatic rings. The molecule has 0 amide bonds. The Morgan fingerprint density at radius 3 is 2.67 bits per heavy atom. The molecule has 5 heteroatoms.